The highest BCUT2D eigenvalue weighted by atomic mass is 16.2. The fraction of sp³-hybridized carbons (Fsp3) is 0.636. The fourth-order valence-corrected chi connectivity index (χ4v) is 4.29. The van der Waals surface area contributed by atoms with E-state index in [0.29, 0.717) is 25.3 Å². The summed E-state index contributed by atoms with van der Waals surface area (Å²) in [5.74, 6) is 0.947. The van der Waals surface area contributed by atoms with Gasteiger partial charge < -0.3 is 14.7 Å². The number of hydrogen-bond donors (Lipinski definition) is 0. The highest BCUT2D eigenvalue weighted by Gasteiger charge is 2.25. The van der Waals surface area contributed by atoms with E-state index in [1.807, 2.05) is 11.0 Å². The molecule has 0 spiro atoms. The van der Waals surface area contributed by atoms with Crippen LogP contribution in [-0.4, -0.2) is 72.8 Å². The van der Waals surface area contributed by atoms with Gasteiger partial charge in [0.1, 0.15) is 0 Å². The van der Waals surface area contributed by atoms with Crippen LogP contribution in [0.4, 0.5) is 0 Å². The van der Waals surface area contributed by atoms with Crippen molar-refractivity contribution in [2.24, 2.45) is 5.92 Å². The second-order valence-corrected chi connectivity index (χ2v) is 8.08. The summed E-state index contributed by atoms with van der Waals surface area (Å²) in [6, 6.07) is 10.4. The lowest BCUT2D eigenvalue weighted by molar-refractivity contribution is -0.133. The number of hydrogen-bond acceptors (Lipinski definition) is 3. The van der Waals surface area contributed by atoms with Crippen molar-refractivity contribution in [1.82, 2.24) is 14.7 Å². The molecule has 27 heavy (non-hydrogen) atoms. The largest absolute Gasteiger partial charge is 0.342 e. The van der Waals surface area contributed by atoms with E-state index in [1.165, 1.54) is 18.4 Å². The van der Waals surface area contributed by atoms with Crippen LogP contribution in [0.2, 0.25) is 0 Å². The molecule has 148 valence electrons. The Morgan fingerprint density at radius 3 is 2.70 bits per heavy atom. The average molecular weight is 372 g/mol. The second-order valence-electron chi connectivity index (χ2n) is 8.08. The first-order chi connectivity index (χ1) is 13.1. The summed E-state index contributed by atoms with van der Waals surface area (Å²) in [6.45, 7) is 5.21. The number of amides is 2. The van der Waals surface area contributed by atoms with Gasteiger partial charge in [0.2, 0.25) is 11.8 Å². The van der Waals surface area contributed by atoms with E-state index in [4.69, 9.17) is 0 Å². The molecule has 1 aromatic rings. The van der Waals surface area contributed by atoms with Crippen molar-refractivity contribution < 1.29 is 9.59 Å². The maximum atomic E-state index is 13.0. The third-order valence-electron chi connectivity index (χ3n) is 5.83. The Morgan fingerprint density at radius 2 is 2.00 bits per heavy atom. The first kappa shape index (κ1) is 19.9. The predicted octanol–water partition coefficient (Wildman–Crippen LogP) is 2.41. The standard InChI is InChI=1S/C22H33N3O2/c1-23-13-5-9-20(17-23)18-25(15-11-19-7-3-2-4-8-19)22(27)12-16-24-14-6-10-21(24)26/h2-4,7-8,20H,5-6,9-18H2,1H3. The van der Waals surface area contributed by atoms with E-state index < -0.39 is 0 Å². The zero-order valence-electron chi connectivity index (χ0n) is 16.6. The van der Waals surface area contributed by atoms with Gasteiger partial charge in [0.25, 0.3) is 0 Å². The molecule has 0 radical (unpaired) electrons. The van der Waals surface area contributed by atoms with Crippen molar-refractivity contribution >= 4 is 11.8 Å². The maximum Gasteiger partial charge on any atom is 0.224 e. The average Bonchev–Trinajstić information content (AvgIpc) is 3.09. The number of benzene rings is 1. The Bertz CT molecular complexity index is 619. The zero-order chi connectivity index (χ0) is 19.1. The van der Waals surface area contributed by atoms with E-state index in [0.717, 1.165) is 45.6 Å². The minimum Gasteiger partial charge on any atom is -0.342 e. The molecule has 2 heterocycles. The monoisotopic (exact) mass is 371 g/mol. The van der Waals surface area contributed by atoms with Crippen LogP contribution in [0.25, 0.3) is 0 Å². The SMILES string of the molecule is CN1CCCC(CN(CCc2ccccc2)C(=O)CCN2CCCC2=O)C1. The molecule has 0 aliphatic carbocycles. The lowest BCUT2D eigenvalue weighted by Gasteiger charge is -2.34. The van der Waals surface area contributed by atoms with E-state index in [-0.39, 0.29) is 11.8 Å². The molecule has 2 saturated heterocycles. The molecule has 2 fully saturated rings. The predicted molar refractivity (Wildman–Crippen MR) is 107 cm³/mol. The van der Waals surface area contributed by atoms with Crippen LogP contribution in [0.3, 0.4) is 0 Å². The van der Waals surface area contributed by atoms with Crippen molar-refractivity contribution in [1.29, 1.82) is 0 Å². The lowest BCUT2D eigenvalue weighted by Crippen LogP contribution is -2.43. The second kappa shape index (κ2) is 9.88. The summed E-state index contributed by atoms with van der Waals surface area (Å²) in [4.78, 5) is 31.0. The molecule has 1 unspecified atom stereocenters. The van der Waals surface area contributed by atoms with Gasteiger partial charge in [-0.15, -0.1) is 0 Å². The molecule has 0 saturated carbocycles. The summed E-state index contributed by atoms with van der Waals surface area (Å²) in [5.41, 5.74) is 1.27. The van der Waals surface area contributed by atoms with Crippen molar-refractivity contribution in [2.75, 3.05) is 46.3 Å². The van der Waals surface area contributed by atoms with Gasteiger partial charge in [-0.25, -0.2) is 0 Å². The smallest absolute Gasteiger partial charge is 0.224 e. The fourth-order valence-electron chi connectivity index (χ4n) is 4.29. The van der Waals surface area contributed by atoms with Crippen LogP contribution >= 0.6 is 0 Å². The molecule has 5 heteroatoms. The summed E-state index contributed by atoms with van der Waals surface area (Å²) in [5, 5.41) is 0. The van der Waals surface area contributed by atoms with Crippen LogP contribution in [0.1, 0.15) is 37.7 Å². The first-order valence-electron chi connectivity index (χ1n) is 10.4. The van der Waals surface area contributed by atoms with Crippen LogP contribution in [0.5, 0.6) is 0 Å². The molecule has 0 N–H and O–H groups in total. The summed E-state index contributed by atoms with van der Waals surface area (Å²) < 4.78 is 0. The van der Waals surface area contributed by atoms with Crippen LogP contribution in [-0.2, 0) is 16.0 Å². The van der Waals surface area contributed by atoms with Gasteiger partial charge in [-0.3, -0.25) is 9.59 Å². The van der Waals surface area contributed by atoms with Crippen molar-refractivity contribution in [3.05, 3.63) is 35.9 Å². The summed E-state index contributed by atoms with van der Waals surface area (Å²) >= 11 is 0. The Kier molecular flexibility index (Phi) is 7.27. The third kappa shape index (κ3) is 6.06. The van der Waals surface area contributed by atoms with Crippen LogP contribution < -0.4 is 0 Å². The van der Waals surface area contributed by atoms with E-state index in [2.05, 4.69) is 41.1 Å². The maximum absolute atomic E-state index is 13.0. The van der Waals surface area contributed by atoms with Gasteiger partial charge in [-0.05, 0) is 50.8 Å². The topological polar surface area (TPSA) is 43.9 Å². The molecular weight excluding hydrogens is 338 g/mol. The lowest BCUT2D eigenvalue weighted by atomic mass is 9.97. The molecule has 2 amide bonds. The molecule has 3 rings (SSSR count). The van der Waals surface area contributed by atoms with Crippen molar-refractivity contribution in [3.63, 3.8) is 0 Å². The van der Waals surface area contributed by atoms with Gasteiger partial charge in [-0.1, -0.05) is 30.3 Å². The molecule has 2 aliphatic rings. The highest BCUT2D eigenvalue weighted by molar-refractivity contribution is 5.80. The molecule has 2 aliphatic heterocycles. The molecule has 1 atom stereocenters. The normalized spacial score (nSPS) is 20.9. The van der Waals surface area contributed by atoms with Gasteiger partial charge in [0, 0.05) is 45.6 Å². The number of nitrogens with zero attached hydrogens (tertiary/aromatic N) is 3. The Balaban J connectivity index is 1.56. The molecular formula is C22H33N3O2. The van der Waals surface area contributed by atoms with Crippen LogP contribution in [0, 0.1) is 5.92 Å². The van der Waals surface area contributed by atoms with E-state index >= 15 is 0 Å². The summed E-state index contributed by atoms with van der Waals surface area (Å²) in [7, 11) is 2.17. The number of carbonyl (C=O) groups excluding carboxylic acids is 2. The zero-order valence-corrected chi connectivity index (χ0v) is 16.6. The Morgan fingerprint density at radius 1 is 1.19 bits per heavy atom. The number of rotatable bonds is 8. The molecule has 5 nitrogen and oxygen atoms in total. The Labute approximate surface area is 163 Å². The Hall–Kier alpha value is -1.88. The van der Waals surface area contributed by atoms with Gasteiger partial charge in [-0.2, -0.15) is 0 Å². The third-order valence-corrected chi connectivity index (χ3v) is 5.83. The molecule has 0 bridgehead atoms. The minimum atomic E-state index is 0.193. The number of likely N-dealkylation sites (tertiary alicyclic amines) is 2. The van der Waals surface area contributed by atoms with Crippen LogP contribution in [0.15, 0.2) is 30.3 Å². The van der Waals surface area contributed by atoms with E-state index in [9.17, 15) is 9.59 Å². The molecule has 1 aromatic carbocycles. The highest BCUT2D eigenvalue weighted by Crippen LogP contribution is 2.18. The van der Waals surface area contributed by atoms with Gasteiger partial charge in [0.05, 0.1) is 0 Å². The minimum absolute atomic E-state index is 0.193. The number of piperidine rings is 1. The molecule has 0 aromatic heterocycles. The first-order valence-corrected chi connectivity index (χ1v) is 10.4. The van der Waals surface area contributed by atoms with Crippen molar-refractivity contribution in [3.8, 4) is 0 Å². The number of carbonyl (C=O) groups is 2. The van der Waals surface area contributed by atoms with Crippen molar-refractivity contribution in [2.45, 2.75) is 38.5 Å². The van der Waals surface area contributed by atoms with Gasteiger partial charge in [0.15, 0.2) is 0 Å². The van der Waals surface area contributed by atoms with Gasteiger partial charge >= 0.3 is 0 Å². The van der Waals surface area contributed by atoms with E-state index in [1.54, 1.807) is 0 Å². The summed E-state index contributed by atoms with van der Waals surface area (Å²) in [6.07, 6.45) is 5.31. The quantitative estimate of drug-likeness (QED) is 0.705.